The molecule has 1 fully saturated rings. The van der Waals surface area contributed by atoms with Gasteiger partial charge >= 0.3 is 6.03 Å². The van der Waals surface area contributed by atoms with E-state index >= 15 is 0 Å². The molecule has 0 bridgehead atoms. The average molecular weight is 273 g/mol. The number of urea groups is 1. The number of carbonyl (C=O) groups excluding carboxylic acids is 2. The molecule has 1 saturated heterocycles. The van der Waals surface area contributed by atoms with E-state index in [9.17, 15) is 9.59 Å². The van der Waals surface area contributed by atoms with Crippen molar-refractivity contribution < 1.29 is 14.3 Å². The van der Waals surface area contributed by atoms with E-state index in [4.69, 9.17) is 4.74 Å². The number of rotatable bonds is 3. The van der Waals surface area contributed by atoms with Gasteiger partial charge in [-0.15, -0.1) is 0 Å². The first-order valence-corrected chi connectivity index (χ1v) is 6.33. The lowest BCUT2D eigenvalue weighted by Gasteiger charge is -2.07. The molecule has 1 unspecified atom stereocenters. The van der Waals surface area contributed by atoms with Crippen molar-refractivity contribution in [2.24, 2.45) is 0 Å². The number of para-hydroxylation sites is 1. The van der Waals surface area contributed by atoms with Gasteiger partial charge in [0.25, 0.3) is 5.91 Å². The lowest BCUT2D eigenvalue weighted by atomic mass is 10.0. The number of amides is 3. The maximum atomic E-state index is 11.9. The van der Waals surface area contributed by atoms with Crippen LogP contribution in [0.15, 0.2) is 24.4 Å². The van der Waals surface area contributed by atoms with E-state index in [1.54, 1.807) is 7.11 Å². The first kappa shape index (κ1) is 12.5. The number of nitrogens with one attached hydrogen (secondary N) is 2. The molecule has 20 heavy (non-hydrogen) atoms. The number of benzene rings is 1. The molecular formula is C14H15N3O3. The lowest BCUT2D eigenvalue weighted by molar-refractivity contribution is -0.126. The molecule has 1 atom stereocenters. The maximum Gasteiger partial charge on any atom is 0.324 e. The van der Waals surface area contributed by atoms with Crippen molar-refractivity contribution in [3.05, 3.63) is 30.0 Å². The van der Waals surface area contributed by atoms with Crippen LogP contribution in [-0.4, -0.2) is 42.0 Å². The summed E-state index contributed by atoms with van der Waals surface area (Å²) >= 11 is 0. The van der Waals surface area contributed by atoms with Gasteiger partial charge in [-0.05, 0) is 11.6 Å². The molecule has 6 heteroatoms. The van der Waals surface area contributed by atoms with Crippen LogP contribution in [0.2, 0.25) is 0 Å². The molecule has 3 rings (SSSR count). The average Bonchev–Trinajstić information content (AvgIpc) is 2.97. The number of aromatic nitrogens is 1. The zero-order valence-electron chi connectivity index (χ0n) is 11.3. The molecule has 2 N–H and O–H groups in total. The molecule has 0 radical (unpaired) electrons. The predicted octanol–water partition coefficient (Wildman–Crippen LogP) is 1.27. The number of ether oxygens (including phenoxy) is 1. The van der Waals surface area contributed by atoms with Crippen molar-refractivity contribution in [2.45, 2.75) is 12.5 Å². The molecule has 1 aliphatic heterocycles. The molecule has 1 aromatic heterocycles. The summed E-state index contributed by atoms with van der Waals surface area (Å²) in [5, 5.41) is 3.68. The fourth-order valence-corrected chi connectivity index (χ4v) is 2.52. The number of imide groups is 1. The summed E-state index contributed by atoms with van der Waals surface area (Å²) in [6.45, 7) is 0. The van der Waals surface area contributed by atoms with Crippen LogP contribution in [0.5, 0.6) is 5.75 Å². The van der Waals surface area contributed by atoms with Gasteiger partial charge in [-0.2, -0.15) is 0 Å². The van der Waals surface area contributed by atoms with E-state index in [2.05, 4.69) is 10.3 Å². The molecule has 2 aromatic rings. The Bertz CT molecular complexity index is 692. The number of methoxy groups -OCH3 is 1. The number of nitrogens with zero attached hydrogens (tertiary/aromatic N) is 1. The third-order valence-corrected chi connectivity index (χ3v) is 3.64. The highest BCUT2D eigenvalue weighted by Gasteiger charge is 2.35. The molecule has 1 aliphatic rings. The van der Waals surface area contributed by atoms with Crippen LogP contribution in [0.3, 0.4) is 0 Å². The van der Waals surface area contributed by atoms with Crippen LogP contribution in [0.1, 0.15) is 5.56 Å². The van der Waals surface area contributed by atoms with Gasteiger partial charge in [0.05, 0.1) is 12.6 Å². The Morgan fingerprint density at radius 2 is 2.15 bits per heavy atom. The van der Waals surface area contributed by atoms with E-state index in [0.29, 0.717) is 6.42 Å². The largest absolute Gasteiger partial charge is 0.495 e. The fraction of sp³-hybridized carbons (Fsp3) is 0.286. The van der Waals surface area contributed by atoms with Gasteiger partial charge in [-0.3, -0.25) is 9.69 Å². The van der Waals surface area contributed by atoms with Crippen molar-refractivity contribution in [1.29, 1.82) is 0 Å². The summed E-state index contributed by atoms with van der Waals surface area (Å²) in [5.74, 6) is 0.555. The Morgan fingerprint density at radius 3 is 2.80 bits per heavy atom. The van der Waals surface area contributed by atoms with Crippen LogP contribution >= 0.6 is 0 Å². The van der Waals surface area contributed by atoms with Crippen molar-refractivity contribution in [3.63, 3.8) is 0 Å². The summed E-state index contributed by atoms with van der Waals surface area (Å²) in [6, 6.07) is 4.89. The maximum absolute atomic E-state index is 11.9. The van der Waals surface area contributed by atoms with Crippen molar-refractivity contribution in [3.8, 4) is 5.75 Å². The van der Waals surface area contributed by atoms with Crippen molar-refractivity contribution in [2.75, 3.05) is 14.2 Å². The van der Waals surface area contributed by atoms with Gasteiger partial charge in [0.1, 0.15) is 11.8 Å². The fourth-order valence-electron chi connectivity index (χ4n) is 2.52. The summed E-state index contributed by atoms with van der Waals surface area (Å²) in [5.41, 5.74) is 1.88. The van der Waals surface area contributed by atoms with Gasteiger partial charge in [0, 0.05) is 25.1 Å². The predicted molar refractivity (Wildman–Crippen MR) is 73.6 cm³/mol. The Hall–Kier alpha value is -2.50. The van der Waals surface area contributed by atoms with Crippen molar-refractivity contribution in [1.82, 2.24) is 15.2 Å². The number of aromatic amines is 1. The summed E-state index contributed by atoms with van der Waals surface area (Å²) in [7, 11) is 3.10. The molecule has 0 aliphatic carbocycles. The Balaban J connectivity index is 1.93. The summed E-state index contributed by atoms with van der Waals surface area (Å²) < 4.78 is 5.29. The number of H-pyrrole nitrogens is 1. The monoisotopic (exact) mass is 273 g/mol. The number of carbonyl (C=O) groups is 2. The van der Waals surface area contributed by atoms with Gasteiger partial charge < -0.3 is 15.0 Å². The number of hydrogen-bond acceptors (Lipinski definition) is 3. The van der Waals surface area contributed by atoms with Crippen LogP contribution in [0.25, 0.3) is 10.9 Å². The van der Waals surface area contributed by atoms with E-state index in [1.807, 2.05) is 24.4 Å². The number of fused-ring (bicyclic) bond motifs is 1. The SMILES string of the molecule is COc1cccc2c(CC3NC(=O)N(C)C3=O)c[nH]c12. The molecular weight excluding hydrogens is 258 g/mol. The smallest absolute Gasteiger partial charge is 0.324 e. The first-order chi connectivity index (χ1) is 9.61. The minimum absolute atomic E-state index is 0.202. The first-order valence-electron chi connectivity index (χ1n) is 6.33. The highest BCUT2D eigenvalue weighted by Crippen LogP contribution is 2.28. The molecule has 0 saturated carbocycles. The standard InChI is InChI=1S/C14H15N3O3/c1-17-13(18)10(16-14(17)19)6-8-7-15-12-9(8)4-3-5-11(12)20-2/h3-5,7,10,15H,6H2,1-2H3,(H,16,19). The minimum atomic E-state index is -0.502. The second-order valence-corrected chi connectivity index (χ2v) is 4.80. The van der Waals surface area contributed by atoms with Crippen LogP contribution in [0, 0.1) is 0 Å². The third-order valence-electron chi connectivity index (χ3n) is 3.64. The van der Waals surface area contributed by atoms with Crippen LogP contribution < -0.4 is 10.1 Å². The minimum Gasteiger partial charge on any atom is -0.495 e. The molecule has 1 aromatic carbocycles. The normalized spacial score (nSPS) is 18.7. The van der Waals surface area contributed by atoms with E-state index in [-0.39, 0.29) is 11.9 Å². The Labute approximate surface area is 115 Å². The van der Waals surface area contributed by atoms with Gasteiger partial charge in [-0.25, -0.2) is 4.79 Å². The van der Waals surface area contributed by atoms with Gasteiger partial charge in [-0.1, -0.05) is 12.1 Å². The summed E-state index contributed by atoms with van der Waals surface area (Å²) in [6.07, 6.45) is 2.31. The highest BCUT2D eigenvalue weighted by atomic mass is 16.5. The lowest BCUT2D eigenvalue weighted by Crippen LogP contribution is -2.31. The Kier molecular flexibility index (Phi) is 2.85. The molecule has 6 nitrogen and oxygen atoms in total. The number of hydrogen-bond donors (Lipinski definition) is 2. The zero-order valence-corrected chi connectivity index (χ0v) is 11.3. The second kappa shape index (κ2) is 4.56. The molecule has 104 valence electrons. The van der Waals surface area contributed by atoms with E-state index in [1.165, 1.54) is 7.05 Å². The van der Waals surface area contributed by atoms with Crippen LogP contribution in [-0.2, 0) is 11.2 Å². The van der Waals surface area contributed by atoms with E-state index < -0.39 is 6.04 Å². The van der Waals surface area contributed by atoms with Crippen molar-refractivity contribution >= 4 is 22.8 Å². The molecule has 0 spiro atoms. The third kappa shape index (κ3) is 1.80. The Morgan fingerprint density at radius 1 is 1.35 bits per heavy atom. The zero-order chi connectivity index (χ0) is 14.3. The van der Waals surface area contributed by atoms with Crippen LogP contribution in [0.4, 0.5) is 4.79 Å². The highest BCUT2D eigenvalue weighted by molar-refractivity contribution is 6.04. The quantitative estimate of drug-likeness (QED) is 0.827. The second-order valence-electron chi connectivity index (χ2n) is 4.80. The van der Waals surface area contributed by atoms with Gasteiger partial charge in [0.2, 0.25) is 0 Å². The topological polar surface area (TPSA) is 74.4 Å². The van der Waals surface area contributed by atoms with E-state index in [0.717, 1.165) is 27.1 Å². The molecule has 3 amide bonds. The molecule has 2 heterocycles. The summed E-state index contributed by atoms with van der Waals surface area (Å²) in [4.78, 5) is 27.6. The number of likely N-dealkylation sites (N-methyl/N-ethyl adjacent to an activating group) is 1. The van der Waals surface area contributed by atoms with Gasteiger partial charge in [0.15, 0.2) is 0 Å².